The van der Waals surface area contributed by atoms with Gasteiger partial charge in [0.25, 0.3) is 0 Å². The van der Waals surface area contributed by atoms with Gasteiger partial charge in [-0.1, -0.05) is 72.8 Å². The molecule has 134 valence electrons. The van der Waals surface area contributed by atoms with E-state index in [4.69, 9.17) is 0 Å². The molecule has 0 heterocycles. The number of benzene rings is 3. The average molecular weight is 582 g/mol. The second kappa shape index (κ2) is 10.1. The summed E-state index contributed by atoms with van der Waals surface area (Å²) in [5.74, 6) is -5.39. The van der Waals surface area contributed by atoms with Crippen molar-refractivity contribution in [2.75, 3.05) is 0 Å². The fourth-order valence-electron chi connectivity index (χ4n) is 1.90. The maximum Gasteiger partial charge on any atom is 0.176 e. The van der Waals surface area contributed by atoms with Crippen LogP contribution in [0.1, 0.15) is 11.1 Å². The molecule has 0 fully saturated rings. The highest BCUT2D eigenvalue weighted by molar-refractivity contribution is 14.1. The summed E-state index contributed by atoms with van der Waals surface area (Å²) in [6.45, 7) is 0. The molecule has 3 aromatic rings. The molecule has 0 saturated heterocycles. The molecule has 0 radical (unpaired) electrons. The highest BCUT2D eigenvalue weighted by Crippen LogP contribution is 2.25. The summed E-state index contributed by atoms with van der Waals surface area (Å²) in [7, 11) is 0. The van der Waals surface area contributed by atoms with Crippen molar-refractivity contribution in [2.24, 2.45) is 0 Å². The Labute approximate surface area is 176 Å². The van der Waals surface area contributed by atoms with Crippen LogP contribution in [0.25, 0.3) is 12.2 Å². The summed E-state index contributed by atoms with van der Waals surface area (Å²) in [6, 6.07) is 20.6. The first kappa shape index (κ1) is 20.9. The lowest BCUT2D eigenvalue weighted by Gasteiger charge is -2.02. The van der Waals surface area contributed by atoms with Crippen LogP contribution in [0.2, 0.25) is 0 Å². The second-order valence-corrected chi connectivity index (χ2v) is 7.20. The number of hydrogen-bond donors (Lipinski definition) is 0. The van der Waals surface area contributed by atoms with E-state index in [1.807, 2.05) is 36.4 Å². The summed E-state index contributed by atoms with van der Waals surface area (Å²) in [5.41, 5.74) is 2.47. The van der Waals surface area contributed by atoms with Crippen LogP contribution in [0.15, 0.2) is 60.7 Å². The molecule has 0 saturated carbocycles. The number of hydrogen-bond acceptors (Lipinski definition) is 0. The zero-order valence-corrected chi connectivity index (χ0v) is 17.5. The van der Waals surface area contributed by atoms with Crippen LogP contribution in [-0.4, -0.2) is 0 Å². The minimum absolute atomic E-state index is 0.664. The van der Waals surface area contributed by atoms with Gasteiger partial charge in [0.05, 0.1) is 7.14 Å². The average Bonchev–Trinajstić information content (AvgIpc) is 2.70. The van der Waals surface area contributed by atoms with Gasteiger partial charge in [-0.2, -0.15) is 0 Å². The standard InChI is InChI=1S/C14H12.C6F4I2/c1-3-7-13(8-4-1)11-12-14-9-5-2-6-10-14;7-1-2(8)6(12)4(10)3(9)5(1)11/h1-12H;/b12-11+;. The Hall–Kier alpha value is -1.42. The predicted molar refractivity (Wildman–Crippen MR) is 114 cm³/mol. The molecule has 0 aromatic heterocycles. The Kier molecular flexibility index (Phi) is 8.08. The minimum Gasteiger partial charge on any atom is -0.202 e. The van der Waals surface area contributed by atoms with Gasteiger partial charge in [-0.3, -0.25) is 0 Å². The first-order chi connectivity index (χ1) is 12.4. The van der Waals surface area contributed by atoms with Gasteiger partial charge in [-0.15, -0.1) is 0 Å². The largest absolute Gasteiger partial charge is 0.202 e. The van der Waals surface area contributed by atoms with Crippen LogP contribution in [0.3, 0.4) is 0 Å². The van der Waals surface area contributed by atoms with Crippen LogP contribution in [0, 0.1) is 30.4 Å². The zero-order chi connectivity index (χ0) is 19.1. The van der Waals surface area contributed by atoms with Gasteiger partial charge in [0.15, 0.2) is 23.3 Å². The third-order valence-electron chi connectivity index (χ3n) is 3.22. The summed E-state index contributed by atoms with van der Waals surface area (Å²) in [5, 5.41) is 0. The second-order valence-electron chi connectivity index (χ2n) is 5.04. The van der Waals surface area contributed by atoms with Gasteiger partial charge in [0, 0.05) is 0 Å². The SMILES string of the molecule is C(=C\c1ccccc1)/c1ccccc1.Fc1c(F)c(I)c(F)c(F)c1I. The summed E-state index contributed by atoms with van der Waals surface area (Å²) in [6.07, 6.45) is 4.24. The van der Waals surface area contributed by atoms with Crippen molar-refractivity contribution in [3.05, 3.63) is 102 Å². The van der Waals surface area contributed by atoms with E-state index in [-0.39, 0.29) is 0 Å². The third-order valence-corrected chi connectivity index (χ3v) is 5.12. The summed E-state index contributed by atoms with van der Waals surface area (Å²) >= 11 is 2.41. The topological polar surface area (TPSA) is 0 Å². The first-order valence-electron chi connectivity index (χ1n) is 7.37. The van der Waals surface area contributed by atoms with Crippen LogP contribution >= 0.6 is 45.2 Å². The summed E-state index contributed by atoms with van der Waals surface area (Å²) < 4.78 is 49.2. The van der Waals surface area contributed by atoms with Crippen LogP contribution < -0.4 is 0 Å². The third kappa shape index (κ3) is 5.54. The molecule has 0 bridgehead atoms. The molecule has 26 heavy (non-hydrogen) atoms. The molecule has 0 unspecified atom stereocenters. The highest BCUT2D eigenvalue weighted by Gasteiger charge is 2.21. The lowest BCUT2D eigenvalue weighted by molar-refractivity contribution is 0.437. The Morgan fingerprint density at radius 3 is 1.04 bits per heavy atom. The molecule has 0 amide bonds. The van der Waals surface area contributed by atoms with Crippen LogP contribution in [0.5, 0.6) is 0 Å². The van der Waals surface area contributed by atoms with Crippen molar-refractivity contribution >= 4 is 57.3 Å². The summed E-state index contributed by atoms with van der Waals surface area (Å²) in [4.78, 5) is 0. The van der Waals surface area contributed by atoms with E-state index in [2.05, 4.69) is 36.4 Å². The van der Waals surface area contributed by atoms with E-state index in [1.54, 1.807) is 0 Å². The molecule has 0 N–H and O–H groups in total. The van der Waals surface area contributed by atoms with Crippen molar-refractivity contribution in [1.29, 1.82) is 0 Å². The first-order valence-corrected chi connectivity index (χ1v) is 9.52. The molecule has 0 atom stereocenters. The maximum absolute atomic E-state index is 12.6. The number of rotatable bonds is 2. The van der Waals surface area contributed by atoms with Gasteiger partial charge in [0.2, 0.25) is 0 Å². The quantitative estimate of drug-likeness (QED) is 0.0979. The van der Waals surface area contributed by atoms with E-state index in [0.29, 0.717) is 0 Å². The molecule has 3 aromatic carbocycles. The Bertz CT molecular complexity index is 748. The lowest BCUT2D eigenvalue weighted by Crippen LogP contribution is -2.02. The lowest BCUT2D eigenvalue weighted by atomic mass is 10.1. The highest BCUT2D eigenvalue weighted by atomic mass is 127. The van der Waals surface area contributed by atoms with E-state index >= 15 is 0 Å². The van der Waals surface area contributed by atoms with Crippen molar-refractivity contribution in [3.8, 4) is 0 Å². The normalized spacial score (nSPS) is 10.5. The molecule has 6 heteroatoms. The van der Waals surface area contributed by atoms with Crippen molar-refractivity contribution < 1.29 is 17.6 Å². The van der Waals surface area contributed by atoms with Crippen molar-refractivity contribution in [1.82, 2.24) is 0 Å². The van der Waals surface area contributed by atoms with E-state index in [9.17, 15) is 17.6 Å². The number of halogens is 6. The van der Waals surface area contributed by atoms with E-state index in [0.717, 1.165) is 0 Å². The van der Waals surface area contributed by atoms with Gasteiger partial charge >= 0.3 is 0 Å². The molecule has 0 aliphatic carbocycles. The molecule has 0 aliphatic rings. The molecule has 0 nitrogen and oxygen atoms in total. The van der Waals surface area contributed by atoms with E-state index in [1.165, 1.54) is 56.3 Å². The predicted octanol–water partition coefficient (Wildman–Crippen LogP) is 7.31. The fourth-order valence-corrected chi connectivity index (χ4v) is 2.85. The molecule has 0 aliphatic heterocycles. The molecular weight excluding hydrogens is 570 g/mol. The smallest absolute Gasteiger partial charge is 0.176 e. The maximum atomic E-state index is 12.6. The van der Waals surface area contributed by atoms with E-state index < -0.39 is 30.4 Å². The van der Waals surface area contributed by atoms with Gasteiger partial charge in [-0.25, -0.2) is 17.6 Å². The molecular formula is C20H12F4I2. The molecule has 0 spiro atoms. The van der Waals surface area contributed by atoms with Crippen LogP contribution in [-0.2, 0) is 0 Å². The molecule has 3 rings (SSSR count). The zero-order valence-electron chi connectivity index (χ0n) is 13.2. The monoisotopic (exact) mass is 582 g/mol. The minimum atomic E-state index is -1.35. The van der Waals surface area contributed by atoms with Crippen molar-refractivity contribution in [2.45, 2.75) is 0 Å². The van der Waals surface area contributed by atoms with Gasteiger partial charge < -0.3 is 0 Å². The van der Waals surface area contributed by atoms with Gasteiger partial charge in [0.1, 0.15) is 0 Å². The Morgan fingerprint density at radius 1 is 0.500 bits per heavy atom. The van der Waals surface area contributed by atoms with Crippen molar-refractivity contribution in [3.63, 3.8) is 0 Å². The fraction of sp³-hybridized carbons (Fsp3) is 0. The van der Waals surface area contributed by atoms with Gasteiger partial charge in [-0.05, 0) is 56.3 Å². The van der Waals surface area contributed by atoms with Crippen LogP contribution in [0.4, 0.5) is 17.6 Å². The Morgan fingerprint density at radius 2 is 0.769 bits per heavy atom. The Balaban J connectivity index is 0.000000190.